The molecular weight excluding hydrogens is 653 g/mol. The minimum absolute atomic E-state index is 0.0750. The van der Waals surface area contributed by atoms with E-state index >= 15 is 0 Å². The van der Waals surface area contributed by atoms with Crippen LogP contribution in [0.25, 0.3) is 0 Å². The molecule has 2 aromatic heterocycles. The molecule has 6 rings (SSSR count). The summed E-state index contributed by atoms with van der Waals surface area (Å²) in [4.78, 5) is 48.3. The lowest BCUT2D eigenvalue weighted by molar-refractivity contribution is -0.142. The number of nitrogens with one attached hydrogen (secondary N) is 3. The Labute approximate surface area is 269 Å². The average molecular weight is 684 g/mol. The summed E-state index contributed by atoms with van der Waals surface area (Å²) in [5, 5.41) is 9.08. The Balaban J connectivity index is 1.03. The van der Waals surface area contributed by atoms with Crippen LogP contribution >= 0.6 is 11.6 Å². The van der Waals surface area contributed by atoms with Crippen molar-refractivity contribution in [2.45, 2.75) is 56.4 Å². The maximum absolute atomic E-state index is 13.6. The topological polar surface area (TPSA) is 154 Å². The summed E-state index contributed by atoms with van der Waals surface area (Å²) in [6.45, 7) is 0.992. The minimum Gasteiger partial charge on any atom is -0.337 e. The molecule has 2 aliphatic carbocycles. The number of nitrogens with two attached hydrogens (primary N) is 1. The fraction of sp³-hybridized carbons (Fsp3) is 0.483. The number of halogens is 6. The van der Waals surface area contributed by atoms with Crippen molar-refractivity contribution in [2.24, 2.45) is 11.7 Å². The third kappa shape index (κ3) is 7.35. The standard InChI is InChI=1S/C29H31ClF5N9O3/c30-22-10-18(1-2-21(22)26(46)42-3-5-43(6-4-42)27(47)40-19-8-17(36)9-19)39-25(45)24-37-12-20(38-24)7-15-13-44(14-16-11-28(16,31)32)41-23(15)29(33,34)35/h1-2,10,12-13,16-17,19H,3-9,11,14,36H2,(H,37,38)(H,39,45)(H,40,47)/t16-,17?,19?/m0/s1. The van der Waals surface area contributed by atoms with E-state index in [1.165, 1.54) is 24.4 Å². The van der Waals surface area contributed by atoms with Gasteiger partial charge in [-0.2, -0.15) is 18.3 Å². The summed E-state index contributed by atoms with van der Waals surface area (Å²) >= 11 is 6.39. The highest BCUT2D eigenvalue weighted by Gasteiger charge is 2.57. The van der Waals surface area contributed by atoms with Crippen LogP contribution in [0.3, 0.4) is 0 Å². The lowest BCUT2D eigenvalue weighted by Crippen LogP contribution is -2.57. The van der Waals surface area contributed by atoms with Gasteiger partial charge in [0, 0.05) is 92.9 Å². The molecule has 0 spiro atoms. The molecule has 1 aromatic carbocycles. The number of alkyl halides is 5. The molecule has 0 unspecified atom stereocenters. The molecule has 18 heteroatoms. The number of urea groups is 1. The van der Waals surface area contributed by atoms with Crippen molar-refractivity contribution >= 4 is 35.1 Å². The second kappa shape index (κ2) is 12.4. The van der Waals surface area contributed by atoms with Crippen molar-refractivity contribution in [3.05, 3.63) is 64.0 Å². The van der Waals surface area contributed by atoms with Gasteiger partial charge in [0.1, 0.15) is 0 Å². The molecule has 1 aliphatic heterocycles. The van der Waals surface area contributed by atoms with E-state index in [1.807, 2.05) is 0 Å². The summed E-state index contributed by atoms with van der Waals surface area (Å²) in [7, 11) is 0. The van der Waals surface area contributed by atoms with Crippen molar-refractivity contribution in [2.75, 3.05) is 31.5 Å². The highest BCUT2D eigenvalue weighted by molar-refractivity contribution is 6.34. The first-order chi connectivity index (χ1) is 22.2. The van der Waals surface area contributed by atoms with Gasteiger partial charge in [-0.05, 0) is 31.0 Å². The van der Waals surface area contributed by atoms with Crippen LogP contribution in [0.5, 0.6) is 0 Å². The zero-order valence-corrected chi connectivity index (χ0v) is 25.5. The van der Waals surface area contributed by atoms with Gasteiger partial charge in [0.25, 0.3) is 17.7 Å². The molecule has 12 nitrogen and oxygen atoms in total. The number of hydrogen-bond acceptors (Lipinski definition) is 6. The van der Waals surface area contributed by atoms with E-state index in [0.29, 0.717) is 26.2 Å². The average Bonchev–Trinajstić information content (AvgIpc) is 3.32. The van der Waals surface area contributed by atoms with E-state index in [0.717, 1.165) is 23.7 Å². The van der Waals surface area contributed by atoms with E-state index in [-0.39, 0.29) is 70.3 Å². The molecule has 3 heterocycles. The van der Waals surface area contributed by atoms with Gasteiger partial charge >= 0.3 is 12.2 Å². The summed E-state index contributed by atoms with van der Waals surface area (Å²) in [5.41, 5.74) is 4.92. The first kappa shape index (κ1) is 32.7. The molecular formula is C29H31ClF5N9O3. The molecule has 4 amide bonds. The zero-order valence-electron chi connectivity index (χ0n) is 24.8. The summed E-state index contributed by atoms with van der Waals surface area (Å²) in [5.74, 6) is -5.21. The maximum atomic E-state index is 13.6. The minimum atomic E-state index is -4.81. The summed E-state index contributed by atoms with van der Waals surface area (Å²) in [6, 6.07) is 4.32. The molecule has 2 saturated carbocycles. The second-order valence-electron chi connectivity index (χ2n) is 12.1. The van der Waals surface area contributed by atoms with E-state index in [1.54, 1.807) is 9.80 Å². The molecule has 1 saturated heterocycles. The molecule has 5 N–H and O–H groups in total. The second-order valence-corrected chi connectivity index (χ2v) is 12.5. The number of aromatic nitrogens is 4. The normalized spacial score (nSPS) is 22.1. The smallest absolute Gasteiger partial charge is 0.337 e. The van der Waals surface area contributed by atoms with Crippen molar-refractivity contribution < 1.29 is 36.3 Å². The third-order valence-electron chi connectivity index (χ3n) is 8.51. The summed E-state index contributed by atoms with van der Waals surface area (Å²) in [6.07, 6.45) is -1.77. The molecule has 252 valence electrons. The number of hydrogen-bond donors (Lipinski definition) is 4. The van der Waals surface area contributed by atoms with Gasteiger partial charge in [-0.3, -0.25) is 14.3 Å². The number of piperazine rings is 1. The monoisotopic (exact) mass is 683 g/mol. The number of imidazole rings is 1. The Kier molecular flexibility index (Phi) is 8.63. The highest BCUT2D eigenvalue weighted by atomic mass is 35.5. The molecule has 47 heavy (non-hydrogen) atoms. The van der Waals surface area contributed by atoms with E-state index in [4.69, 9.17) is 17.3 Å². The van der Waals surface area contributed by atoms with Gasteiger partial charge in [0.05, 0.1) is 10.6 Å². The van der Waals surface area contributed by atoms with Crippen LogP contribution in [-0.4, -0.2) is 91.6 Å². The van der Waals surface area contributed by atoms with E-state index < -0.39 is 36.0 Å². The van der Waals surface area contributed by atoms with Gasteiger partial charge in [-0.15, -0.1) is 0 Å². The Morgan fingerprint density at radius 1 is 1.11 bits per heavy atom. The van der Waals surface area contributed by atoms with Gasteiger partial charge in [0.15, 0.2) is 11.5 Å². The van der Waals surface area contributed by atoms with Gasteiger partial charge in [-0.25, -0.2) is 18.6 Å². The molecule has 3 aliphatic rings. The van der Waals surface area contributed by atoms with Crippen LogP contribution in [0.2, 0.25) is 5.02 Å². The Bertz CT molecular complexity index is 1680. The van der Waals surface area contributed by atoms with Crippen LogP contribution in [0.4, 0.5) is 32.4 Å². The van der Waals surface area contributed by atoms with Crippen molar-refractivity contribution in [1.29, 1.82) is 0 Å². The number of amides is 4. The van der Waals surface area contributed by atoms with Crippen LogP contribution in [0.1, 0.15) is 57.2 Å². The Hall–Kier alpha value is -4.25. The van der Waals surface area contributed by atoms with Crippen molar-refractivity contribution in [3.63, 3.8) is 0 Å². The lowest BCUT2D eigenvalue weighted by atomic mass is 9.88. The predicted molar refractivity (Wildman–Crippen MR) is 158 cm³/mol. The number of aromatic amines is 1. The maximum Gasteiger partial charge on any atom is 0.435 e. The van der Waals surface area contributed by atoms with Crippen LogP contribution < -0.4 is 16.4 Å². The first-order valence-electron chi connectivity index (χ1n) is 14.9. The third-order valence-corrected chi connectivity index (χ3v) is 8.82. The first-order valence-corrected chi connectivity index (χ1v) is 15.3. The van der Waals surface area contributed by atoms with Crippen molar-refractivity contribution in [3.8, 4) is 0 Å². The quantitative estimate of drug-likeness (QED) is 0.266. The molecule has 1 atom stereocenters. The largest absolute Gasteiger partial charge is 0.435 e. The molecule has 0 radical (unpaired) electrons. The number of H-pyrrole nitrogens is 1. The van der Waals surface area contributed by atoms with Crippen molar-refractivity contribution in [1.82, 2.24) is 34.9 Å². The number of carbonyl (C=O) groups excluding carboxylic acids is 3. The van der Waals surface area contributed by atoms with E-state index in [9.17, 15) is 36.3 Å². The highest BCUT2D eigenvalue weighted by Crippen LogP contribution is 2.49. The molecule has 3 fully saturated rings. The fourth-order valence-electron chi connectivity index (χ4n) is 5.67. The zero-order chi connectivity index (χ0) is 33.7. The van der Waals surface area contributed by atoms with Crippen LogP contribution in [0.15, 0.2) is 30.6 Å². The van der Waals surface area contributed by atoms with Crippen LogP contribution in [0, 0.1) is 5.92 Å². The summed E-state index contributed by atoms with van der Waals surface area (Å²) < 4.78 is 68.2. The van der Waals surface area contributed by atoms with E-state index in [2.05, 4.69) is 25.7 Å². The van der Waals surface area contributed by atoms with Gasteiger partial charge in [-0.1, -0.05) is 11.6 Å². The number of carbonyl (C=O) groups is 3. The molecule has 0 bridgehead atoms. The fourth-order valence-corrected chi connectivity index (χ4v) is 5.93. The van der Waals surface area contributed by atoms with Gasteiger partial charge in [0.2, 0.25) is 0 Å². The SMILES string of the molecule is NC1CC(NC(=O)N2CCN(C(=O)c3ccc(NC(=O)c4ncc(Cc5cn(C[C@@H]6CC6(F)F)nc5C(F)(F)F)[nH]4)cc3Cl)CC2)C1. The number of rotatable bonds is 8. The number of anilines is 1. The Morgan fingerprint density at radius 2 is 1.79 bits per heavy atom. The predicted octanol–water partition coefficient (Wildman–Crippen LogP) is 3.73. The molecule has 3 aromatic rings. The Morgan fingerprint density at radius 3 is 2.40 bits per heavy atom. The van der Waals surface area contributed by atoms with Crippen LogP contribution in [-0.2, 0) is 19.1 Å². The number of nitrogens with zero attached hydrogens (tertiary/aromatic N) is 5. The number of benzene rings is 1. The van der Waals surface area contributed by atoms with Gasteiger partial charge < -0.3 is 31.2 Å². The lowest BCUT2D eigenvalue weighted by Gasteiger charge is -2.38.